The molecule has 2 rings (SSSR count). The van der Waals surface area contributed by atoms with E-state index in [1.54, 1.807) is 0 Å². The van der Waals surface area contributed by atoms with Crippen LogP contribution in [0.3, 0.4) is 0 Å². The minimum atomic E-state index is -0.590. The average Bonchev–Trinajstić information content (AvgIpc) is 2.96. The van der Waals surface area contributed by atoms with Crippen molar-refractivity contribution in [1.82, 2.24) is 8.75 Å². The number of aromatic nitrogens is 2. The fourth-order valence-electron chi connectivity index (χ4n) is 1.55. The summed E-state index contributed by atoms with van der Waals surface area (Å²) >= 11 is 1.08. The van der Waals surface area contributed by atoms with E-state index < -0.39 is 6.10 Å². The predicted octanol–water partition coefficient (Wildman–Crippen LogP) is 1.95. The van der Waals surface area contributed by atoms with Gasteiger partial charge in [-0.1, -0.05) is 19.1 Å². The van der Waals surface area contributed by atoms with Gasteiger partial charge in [0, 0.05) is 12.2 Å². The van der Waals surface area contributed by atoms with Gasteiger partial charge in [-0.15, -0.1) is 4.37 Å². The monoisotopic (exact) mass is 279 g/mol. The summed E-state index contributed by atoms with van der Waals surface area (Å²) < 4.78 is 13.0. The summed E-state index contributed by atoms with van der Waals surface area (Å²) in [5.41, 5.74) is 2.29. The molecule has 0 radical (unpaired) electrons. The fraction of sp³-hybridized carbons (Fsp3) is 0.385. The van der Waals surface area contributed by atoms with Crippen molar-refractivity contribution in [3.8, 4) is 5.88 Å². The van der Waals surface area contributed by atoms with Gasteiger partial charge in [-0.3, -0.25) is 0 Å². The van der Waals surface area contributed by atoms with Crippen LogP contribution in [0.25, 0.3) is 0 Å². The number of nitrogens with zero attached hydrogens (tertiary/aromatic N) is 2. The topological polar surface area (TPSA) is 67.3 Å². The van der Waals surface area contributed by atoms with E-state index in [0.717, 1.165) is 23.8 Å². The van der Waals surface area contributed by atoms with Crippen LogP contribution in [0.15, 0.2) is 30.5 Å². The zero-order chi connectivity index (χ0) is 13.5. The normalized spacial score (nSPS) is 12.1. The number of aliphatic hydroxyl groups is 1. The third-order valence-electron chi connectivity index (χ3n) is 2.67. The molecule has 0 fully saturated rings. The third-order valence-corrected chi connectivity index (χ3v) is 3.13. The van der Waals surface area contributed by atoms with Gasteiger partial charge >= 0.3 is 0 Å². The summed E-state index contributed by atoms with van der Waals surface area (Å²) in [4.78, 5) is 0. The highest BCUT2D eigenvalue weighted by Gasteiger charge is 2.06. The molecule has 0 spiro atoms. The van der Waals surface area contributed by atoms with Gasteiger partial charge in [-0.25, -0.2) is 0 Å². The van der Waals surface area contributed by atoms with Gasteiger partial charge in [0.15, 0.2) is 0 Å². The lowest BCUT2D eigenvalue weighted by molar-refractivity contribution is 0.115. The van der Waals surface area contributed by atoms with Gasteiger partial charge in [0.05, 0.1) is 11.7 Å². The number of nitrogens with one attached hydrogen (secondary N) is 1. The predicted molar refractivity (Wildman–Crippen MR) is 75.7 cm³/mol. The smallest absolute Gasteiger partial charge is 0.245 e. The molecule has 5 nitrogen and oxygen atoms in total. The second-order valence-electron chi connectivity index (χ2n) is 4.14. The SMILES string of the molecule is CCc1ccc(NCC(O)COc2cnsn2)cc1. The van der Waals surface area contributed by atoms with Gasteiger partial charge in [-0.05, 0) is 24.1 Å². The van der Waals surface area contributed by atoms with Crippen molar-refractivity contribution in [2.75, 3.05) is 18.5 Å². The average molecular weight is 279 g/mol. The zero-order valence-corrected chi connectivity index (χ0v) is 11.6. The first-order chi connectivity index (χ1) is 9.28. The molecule has 1 aromatic carbocycles. The molecule has 2 N–H and O–H groups in total. The van der Waals surface area contributed by atoms with Gasteiger partial charge in [0.1, 0.15) is 18.9 Å². The Bertz CT molecular complexity index is 473. The summed E-state index contributed by atoms with van der Waals surface area (Å²) in [6, 6.07) is 8.17. The summed E-state index contributed by atoms with van der Waals surface area (Å²) in [7, 11) is 0. The molecule has 102 valence electrons. The maximum absolute atomic E-state index is 9.78. The molecule has 0 aliphatic rings. The molecule has 0 amide bonds. The van der Waals surface area contributed by atoms with E-state index in [1.165, 1.54) is 11.8 Å². The number of aryl methyl sites for hydroxylation is 1. The molecule has 0 bridgehead atoms. The van der Waals surface area contributed by atoms with Crippen LogP contribution in [0.2, 0.25) is 0 Å². The van der Waals surface area contributed by atoms with Crippen molar-refractivity contribution in [3.63, 3.8) is 0 Å². The number of ether oxygens (including phenoxy) is 1. The van der Waals surface area contributed by atoms with Crippen molar-refractivity contribution >= 4 is 17.4 Å². The summed E-state index contributed by atoms with van der Waals surface area (Å²) in [5, 5.41) is 12.9. The molecule has 0 saturated carbocycles. The summed E-state index contributed by atoms with van der Waals surface area (Å²) in [5.74, 6) is 0.455. The Hall–Kier alpha value is -1.66. The molecule has 1 aromatic heterocycles. The first kappa shape index (κ1) is 13.8. The lowest BCUT2D eigenvalue weighted by atomic mass is 10.1. The lowest BCUT2D eigenvalue weighted by Gasteiger charge is -2.13. The van der Waals surface area contributed by atoms with Crippen LogP contribution in [-0.4, -0.2) is 33.1 Å². The number of aliphatic hydroxyl groups excluding tert-OH is 1. The van der Waals surface area contributed by atoms with Crippen LogP contribution >= 0.6 is 11.7 Å². The van der Waals surface area contributed by atoms with E-state index in [0.29, 0.717) is 12.4 Å². The van der Waals surface area contributed by atoms with E-state index >= 15 is 0 Å². The Morgan fingerprint density at radius 1 is 1.37 bits per heavy atom. The van der Waals surface area contributed by atoms with Crippen LogP contribution in [0.1, 0.15) is 12.5 Å². The molecule has 0 aliphatic carbocycles. The molecular weight excluding hydrogens is 262 g/mol. The van der Waals surface area contributed by atoms with E-state index in [1.807, 2.05) is 12.1 Å². The van der Waals surface area contributed by atoms with Crippen LogP contribution in [0, 0.1) is 0 Å². The fourth-order valence-corrected chi connectivity index (χ4v) is 1.92. The molecule has 6 heteroatoms. The minimum absolute atomic E-state index is 0.200. The number of benzene rings is 1. The summed E-state index contributed by atoms with van der Waals surface area (Å²) in [6.45, 7) is 2.76. The number of hydrogen-bond acceptors (Lipinski definition) is 6. The van der Waals surface area contributed by atoms with Crippen molar-refractivity contribution < 1.29 is 9.84 Å². The molecule has 19 heavy (non-hydrogen) atoms. The molecule has 2 aromatic rings. The molecule has 0 saturated heterocycles. The van der Waals surface area contributed by atoms with Gasteiger partial charge < -0.3 is 15.2 Å². The van der Waals surface area contributed by atoms with Crippen LogP contribution < -0.4 is 10.1 Å². The maximum Gasteiger partial charge on any atom is 0.245 e. The Morgan fingerprint density at radius 3 is 2.79 bits per heavy atom. The van der Waals surface area contributed by atoms with E-state index in [2.05, 4.69) is 33.1 Å². The Labute approximate surface area is 116 Å². The van der Waals surface area contributed by atoms with Gasteiger partial charge in [0.25, 0.3) is 0 Å². The largest absolute Gasteiger partial charge is 0.473 e. The molecule has 1 unspecified atom stereocenters. The van der Waals surface area contributed by atoms with Crippen molar-refractivity contribution in [1.29, 1.82) is 0 Å². The van der Waals surface area contributed by atoms with Crippen LogP contribution in [0.4, 0.5) is 5.69 Å². The van der Waals surface area contributed by atoms with Crippen LogP contribution in [-0.2, 0) is 6.42 Å². The highest BCUT2D eigenvalue weighted by Crippen LogP contribution is 2.10. The van der Waals surface area contributed by atoms with E-state index in [9.17, 15) is 5.11 Å². The standard InChI is InChI=1S/C13H17N3O2S/c1-2-10-3-5-11(6-4-10)14-7-12(17)9-18-13-8-15-19-16-13/h3-6,8,12,14,17H,2,7,9H2,1H3. The molecule has 1 atom stereocenters. The first-order valence-electron chi connectivity index (χ1n) is 6.19. The van der Waals surface area contributed by atoms with Gasteiger partial charge in [-0.2, -0.15) is 4.37 Å². The Balaban J connectivity index is 1.71. The quantitative estimate of drug-likeness (QED) is 0.811. The zero-order valence-electron chi connectivity index (χ0n) is 10.7. The third kappa shape index (κ3) is 4.50. The molecule has 1 heterocycles. The van der Waals surface area contributed by atoms with E-state index in [4.69, 9.17) is 4.74 Å². The summed E-state index contributed by atoms with van der Waals surface area (Å²) in [6.07, 6.45) is 1.97. The van der Waals surface area contributed by atoms with E-state index in [-0.39, 0.29) is 6.61 Å². The maximum atomic E-state index is 9.78. The number of anilines is 1. The number of rotatable bonds is 7. The molecular formula is C13H17N3O2S. The van der Waals surface area contributed by atoms with Crippen LogP contribution in [0.5, 0.6) is 5.88 Å². The Kier molecular flexibility index (Phi) is 5.11. The lowest BCUT2D eigenvalue weighted by Crippen LogP contribution is -2.26. The molecule has 0 aliphatic heterocycles. The minimum Gasteiger partial charge on any atom is -0.473 e. The second kappa shape index (κ2) is 7.06. The van der Waals surface area contributed by atoms with Crippen molar-refractivity contribution in [2.45, 2.75) is 19.4 Å². The first-order valence-corrected chi connectivity index (χ1v) is 6.92. The second-order valence-corrected chi connectivity index (χ2v) is 4.70. The van der Waals surface area contributed by atoms with Crippen molar-refractivity contribution in [2.24, 2.45) is 0 Å². The Morgan fingerprint density at radius 2 is 2.16 bits per heavy atom. The highest BCUT2D eigenvalue weighted by molar-refractivity contribution is 6.99. The van der Waals surface area contributed by atoms with Crippen molar-refractivity contribution in [3.05, 3.63) is 36.0 Å². The van der Waals surface area contributed by atoms with Gasteiger partial charge in [0.2, 0.25) is 5.88 Å². The highest BCUT2D eigenvalue weighted by atomic mass is 32.1. The number of hydrogen-bond donors (Lipinski definition) is 2.